The lowest BCUT2D eigenvalue weighted by Gasteiger charge is -2.15. The summed E-state index contributed by atoms with van der Waals surface area (Å²) in [4.78, 5) is 21.0. The van der Waals surface area contributed by atoms with Crippen molar-refractivity contribution in [3.63, 3.8) is 0 Å². The van der Waals surface area contributed by atoms with Gasteiger partial charge in [0.2, 0.25) is 11.8 Å². The number of aliphatic hydroxyl groups is 1. The van der Waals surface area contributed by atoms with E-state index in [-0.39, 0.29) is 30.0 Å². The number of ether oxygens (including phenoxy) is 1. The molecule has 1 aliphatic heterocycles. The predicted molar refractivity (Wildman–Crippen MR) is 99.1 cm³/mol. The van der Waals surface area contributed by atoms with Crippen molar-refractivity contribution in [3.8, 4) is 0 Å². The molecule has 1 atom stereocenters. The van der Waals surface area contributed by atoms with E-state index < -0.39 is 5.82 Å². The number of nitrogens with zero attached hydrogens (tertiary/aromatic N) is 2. The van der Waals surface area contributed by atoms with E-state index in [1.165, 1.54) is 19.2 Å². The zero-order valence-electron chi connectivity index (χ0n) is 14.9. The molecule has 1 aromatic heterocycles. The molecule has 1 amide bonds. The van der Waals surface area contributed by atoms with Crippen molar-refractivity contribution < 1.29 is 19.0 Å². The summed E-state index contributed by atoms with van der Waals surface area (Å²) >= 11 is 5.68. The van der Waals surface area contributed by atoms with Crippen LogP contribution in [0.2, 0.25) is 5.02 Å². The Morgan fingerprint density at radius 1 is 1.44 bits per heavy atom. The molecule has 0 saturated heterocycles. The van der Waals surface area contributed by atoms with Crippen molar-refractivity contribution in [1.29, 1.82) is 0 Å². The monoisotopic (exact) mass is 391 g/mol. The first kappa shape index (κ1) is 19.3. The average molecular weight is 392 g/mol. The first-order valence-corrected chi connectivity index (χ1v) is 8.76. The normalized spacial score (nSPS) is 13.7. The SMILES string of the molecule is COC1=NCc2cc(CC(=O)N[C@H](C)c3ccc(Cl)c(F)c3)nc(CO)c21. The number of halogens is 2. The zero-order chi connectivity index (χ0) is 19.6. The number of methoxy groups -OCH3 is 1. The molecule has 0 bridgehead atoms. The lowest BCUT2D eigenvalue weighted by atomic mass is 10.1. The van der Waals surface area contributed by atoms with Crippen LogP contribution in [-0.4, -0.2) is 29.0 Å². The van der Waals surface area contributed by atoms with Gasteiger partial charge in [0.25, 0.3) is 0 Å². The Kier molecular flexibility index (Phi) is 5.72. The highest BCUT2D eigenvalue weighted by Gasteiger charge is 2.23. The molecule has 2 heterocycles. The van der Waals surface area contributed by atoms with Crippen molar-refractivity contribution >= 4 is 23.4 Å². The third-order valence-corrected chi connectivity index (χ3v) is 4.65. The van der Waals surface area contributed by atoms with Crippen molar-refractivity contribution in [2.24, 2.45) is 4.99 Å². The molecule has 0 fully saturated rings. The van der Waals surface area contributed by atoms with Gasteiger partial charge in [-0.05, 0) is 36.2 Å². The van der Waals surface area contributed by atoms with Gasteiger partial charge in [-0.2, -0.15) is 0 Å². The van der Waals surface area contributed by atoms with Gasteiger partial charge in [-0.25, -0.2) is 9.38 Å². The molecule has 142 valence electrons. The molecule has 8 heteroatoms. The number of hydrogen-bond acceptors (Lipinski definition) is 5. The van der Waals surface area contributed by atoms with Gasteiger partial charge in [-0.3, -0.25) is 9.78 Å². The fourth-order valence-electron chi connectivity index (χ4n) is 3.04. The summed E-state index contributed by atoms with van der Waals surface area (Å²) in [7, 11) is 1.51. The average Bonchev–Trinajstić information content (AvgIpc) is 3.06. The Labute approximate surface area is 161 Å². The molecule has 6 nitrogen and oxygen atoms in total. The van der Waals surface area contributed by atoms with E-state index >= 15 is 0 Å². The molecule has 3 rings (SSSR count). The molecule has 0 radical (unpaired) electrons. The molecule has 0 spiro atoms. The number of rotatable bonds is 5. The van der Waals surface area contributed by atoms with Gasteiger partial charge >= 0.3 is 0 Å². The van der Waals surface area contributed by atoms with E-state index in [1.54, 1.807) is 19.1 Å². The lowest BCUT2D eigenvalue weighted by Crippen LogP contribution is -2.28. The van der Waals surface area contributed by atoms with E-state index in [0.29, 0.717) is 35.0 Å². The fourth-order valence-corrected chi connectivity index (χ4v) is 3.15. The van der Waals surface area contributed by atoms with Crippen LogP contribution in [0.1, 0.15) is 41.0 Å². The quantitative estimate of drug-likeness (QED) is 0.820. The first-order valence-electron chi connectivity index (χ1n) is 8.38. The highest BCUT2D eigenvalue weighted by Crippen LogP contribution is 2.24. The first-order chi connectivity index (χ1) is 12.9. The van der Waals surface area contributed by atoms with Crippen LogP contribution in [-0.2, 0) is 29.1 Å². The maximum atomic E-state index is 13.6. The van der Waals surface area contributed by atoms with Gasteiger partial charge in [0.15, 0.2) is 0 Å². The Balaban J connectivity index is 1.72. The molecule has 0 aliphatic carbocycles. The molecule has 2 aromatic rings. The van der Waals surface area contributed by atoms with Gasteiger partial charge in [0.1, 0.15) is 5.82 Å². The van der Waals surface area contributed by atoms with Crippen molar-refractivity contribution in [1.82, 2.24) is 10.3 Å². The standard InChI is InChI=1S/C19H19ClFN3O3/c1-10(11-3-4-14(20)15(21)6-11)23-17(26)7-13-5-12-8-22-19(27-2)18(12)16(9-25)24-13/h3-6,10,25H,7-9H2,1-2H3,(H,23,26)/t10-/m1/s1. The van der Waals surface area contributed by atoms with Crippen LogP contribution in [0.4, 0.5) is 4.39 Å². The summed E-state index contributed by atoms with van der Waals surface area (Å²) < 4.78 is 18.8. The highest BCUT2D eigenvalue weighted by molar-refractivity contribution is 6.30. The van der Waals surface area contributed by atoms with Crippen molar-refractivity contribution in [2.75, 3.05) is 7.11 Å². The van der Waals surface area contributed by atoms with E-state index in [9.17, 15) is 14.3 Å². The number of hydrogen-bond donors (Lipinski definition) is 2. The summed E-state index contributed by atoms with van der Waals surface area (Å²) in [6.45, 7) is 1.90. The summed E-state index contributed by atoms with van der Waals surface area (Å²) in [6.07, 6.45) is 0.0308. The molecule has 27 heavy (non-hydrogen) atoms. The van der Waals surface area contributed by atoms with E-state index in [1.807, 2.05) is 0 Å². The zero-order valence-corrected chi connectivity index (χ0v) is 15.7. The fraction of sp³-hybridized carbons (Fsp3) is 0.316. The number of amides is 1. The molecular formula is C19H19ClFN3O3. The number of aliphatic hydroxyl groups excluding tert-OH is 1. The molecule has 0 unspecified atom stereocenters. The smallest absolute Gasteiger partial charge is 0.226 e. The third-order valence-electron chi connectivity index (χ3n) is 4.34. The van der Waals surface area contributed by atoms with Crippen LogP contribution in [0, 0.1) is 5.82 Å². The Morgan fingerprint density at radius 2 is 2.22 bits per heavy atom. The summed E-state index contributed by atoms with van der Waals surface area (Å²) in [5.74, 6) is -0.354. The number of carbonyl (C=O) groups excluding carboxylic acids is 1. The van der Waals surface area contributed by atoms with Gasteiger partial charge in [-0.15, -0.1) is 0 Å². The van der Waals surface area contributed by atoms with Gasteiger partial charge in [0.05, 0.1) is 54.7 Å². The minimum atomic E-state index is -0.530. The van der Waals surface area contributed by atoms with Crippen molar-refractivity contribution in [3.05, 3.63) is 63.2 Å². The molecule has 1 aromatic carbocycles. The summed E-state index contributed by atoms with van der Waals surface area (Å²) in [5, 5.41) is 12.4. The van der Waals surface area contributed by atoms with Crippen LogP contribution in [0.3, 0.4) is 0 Å². The topological polar surface area (TPSA) is 83.8 Å². The largest absolute Gasteiger partial charge is 0.481 e. The van der Waals surface area contributed by atoms with E-state index in [4.69, 9.17) is 16.3 Å². The minimum Gasteiger partial charge on any atom is -0.481 e. The highest BCUT2D eigenvalue weighted by atomic mass is 35.5. The van der Waals surface area contributed by atoms with E-state index in [2.05, 4.69) is 15.3 Å². The van der Waals surface area contributed by atoms with Crippen LogP contribution < -0.4 is 5.32 Å². The Bertz CT molecular complexity index is 917. The second-order valence-electron chi connectivity index (χ2n) is 6.22. The number of nitrogens with one attached hydrogen (secondary N) is 1. The summed E-state index contributed by atoms with van der Waals surface area (Å²) in [5.41, 5.74) is 3.12. The molecule has 1 aliphatic rings. The van der Waals surface area contributed by atoms with E-state index in [0.717, 1.165) is 5.56 Å². The number of fused-ring (bicyclic) bond motifs is 1. The van der Waals surface area contributed by atoms with Crippen molar-refractivity contribution in [2.45, 2.75) is 32.5 Å². The van der Waals surface area contributed by atoms with Crippen LogP contribution >= 0.6 is 11.6 Å². The van der Waals surface area contributed by atoms with Crippen LogP contribution in [0.15, 0.2) is 29.3 Å². The van der Waals surface area contributed by atoms with Gasteiger partial charge in [0, 0.05) is 0 Å². The Morgan fingerprint density at radius 3 is 2.89 bits per heavy atom. The van der Waals surface area contributed by atoms with Gasteiger partial charge < -0.3 is 15.2 Å². The molecular weight excluding hydrogens is 373 g/mol. The number of aliphatic imine (C=N–C) groups is 1. The third kappa shape index (κ3) is 4.09. The van der Waals surface area contributed by atoms with Crippen LogP contribution in [0.25, 0.3) is 0 Å². The number of pyridine rings is 1. The molecule has 0 saturated carbocycles. The number of benzene rings is 1. The lowest BCUT2D eigenvalue weighted by molar-refractivity contribution is -0.121. The second-order valence-corrected chi connectivity index (χ2v) is 6.62. The van der Waals surface area contributed by atoms with Gasteiger partial charge in [-0.1, -0.05) is 17.7 Å². The predicted octanol–water partition coefficient (Wildman–Crippen LogP) is 2.69. The van der Waals surface area contributed by atoms with Crippen LogP contribution in [0.5, 0.6) is 0 Å². The number of carbonyl (C=O) groups is 1. The summed E-state index contributed by atoms with van der Waals surface area (Å²) in [6, 6.07) is 5.82. The maximum Gasteiger partial charge on any atom is 0.226 e. The minimum absolute atomic E-state index is 0.0308. The number of aromatic nitrogens is 1. The molecule has 2 N–H and O–H groups in total. The second kappa shape index (κ2) is 8.02. The maximum absolute atomic E-state index is 13.6. The Hall–Kier alpha value is -2.51.